The molecule has 21 N–H and O–H groups in total. The Kier molecular flexibility index (Phi) is 32.3. The number of amides is 13. The first-order chi connectivity index (χ1) is 45.9. The molecule has 528 valence electrons. The molecule has 1 aliphatic rings. The second-order valence-electron chi connectivity index (χ2n) is 22.3. The van der Waals surface area contributed by atoms with Crippen LogP contribution in [0.15, 0.2) is 72.8 Å². The zero-order valence-corrected chi connectivity index (χ0v) is 54.1. The predicted octanol–water partition coefficient (Wildman–Crippen LogP) is -6.56. The fourth-order valence-corrected chi connectivity index (χ4v) is 10.3. The molecule has 1 fully saturated rings. The van der Waals surface area contributed by atoms with Gasteiger partial charge >= 0.3 is 11.9 Å². The highest BCUT2D eigenvalue weighted by Crippen LogP contribution is 2.17. The number of nitrogens with two attached hydrogens (primary N) is 1. The van der Waals surface area contributed by atoms with E-state index in [4.69, 9.17) is 5.73 Å². The normalized spacial score (nSPS) is 22.6. The molecule has 1 heterocycles. The highest BCUT2D eigenvalue weighted by atomic mass is 32.2. The number of primary amides is 1. The lowest BCUT2D eigenvalue weighted by molar-refractivity contribution is -0.141. The lowest BCUT2D eigenvalue weighted by atomic mass is 10.0. The molecule has 3 aromatic rings. The van der Waals surface area contributed by atoms with Crippen molar-refractivity contribution in [2.45, 2.75) is 119 Å². The van der Waals surface area contributed by atoms with Crippen LogP contribution in [-0.4, -0.2) is 228 Å². The van der Waals surface area contributed by atoms with Crippen LogP contribution in [0, 0.1) is 5.92 Å². The Morgan fingerprint density at radius 1 is 0.536 bits per heavy atom. The number of aliphatic hydroxyl groups excluding tert-OH is 2. The summed E-state index contributed by atoms with van der Waals surface area (Å²) in [4.78, 5) is 202. The van der Waals surface area contributed by atoms with Crippen molar-refractivity contribution in [1.82, 2.24) is 63.8 Å². The number of aromatic hydroxyl groups is 3. The number of rotatable bonds is 19. The number of thiol groups is 1. The number of benzene rings is 3. The van der Waals surface area contributed by atoms with Gasteiger partial charge < -0.3 is 105 Å². The number of aliphatic hydroxyl groups is 2. The number of nitrogens with one attached hydrogen (secondary N) is 12. The Balaban J connectivity index is 1.78. The average molecular weight is 1400 g/mol. The van der Waals surface area contributed by atoms with Crippen molar-refractivity contribution in [2.24, 2.45) is 11.7 Å². The van der Waals surface area contributed by atoms with E-state index >= 15 is 0 Å². The molecule has 35 nitrogen and oxygen atoms in total. The molecule has 37 heteroatoms. The third kappa shape index (κ3) is 27.5. The smallest absolute Gasteiger partial charge is 0.305 e. The van der Waals surface area contributed by atoms with Crippen LogP contribution in [0.4, 0.5) is 0 Å². The van der Waals surface area contributed by atoms with E-state index in [0.717, 1.165) is 11.8 Å². The Hall–Kier alpha value is -10.3. The van der Waals surface area contributed by atoms with Crippen molar-refractivity contribution in [1.29, 1.82) is 0 Å². The Morgan fingerprint density at radius 3 is 1.34 bits per heavy atom. The van der Waals surface area contributed by atoms with Gasteiger partial charge in [0.1, 0.15) is 77.7 Å². The first kappa shape index (κ1) is 79.2. The number of hydrogen-bond donors (Lipinski definition) is 21. The minimum atomic E-state index is -2.04. The van der Waals surface area contributed by atoms with Gasteiger partial charge in [-0.2, -0.15) is 24.4 Å². The topological polar surface area (TPSA) is 568 Å². The van der Waals surface area contributed by atoms with Crippen LogP contribution < -0.4 is 69.5 Å². The maximum absolute atomic E-state index is 14.4. The summed E-state index contributed by atoms with van der Waals surface area (Å²) in [6, 6.07) is -1.81. The van der Waals surface area contributed by atoms with Gasteiger partial charge in [0.2, 0.25) is 76.8 Å². The number of carbonyl (C=O) groups excluding carboxylic acids is 13. The third-order valence-electron chi connectivity index (χ3n) is 14.3. The van der Waals surface area contributed by atoms with Gasteiger partial charge in [-0.05, 0) is 71.2 Å². The summed E-state index contributed by atoms with van der Waals surface area (Å²) in [5, 5.41) is 98.2. The predicted molar refractivity (Wildman–Crippen MR) is 344 cm³/mol. The number of phenols is 3. The molecule has 0 saturated carbocycles. The zero-order chi connectivity index (χ0) is 72.1. The molecular weight excluding hydrogens is 1320 g/mol. The van der Waals surface area contributed by atoms with Gasteiger partial charge in [-0.3, -0.25) is 71.9 Å². The van der Waals surface area contributed by atoms with Gasteiger partial charge in [-0.25, -0.2) is 0 Å². The number of carboxylic acids is 2. The average Bonchev–Trinajstić information content (AvgIpc) is 1.47. The van der Waals surface area contributed by atoms with Crippen LogP contribution in [0.5, 0.6) is 17.2 Å². The minimum Gasteiger partial charge on any atom is -0.508 e. The lowest BCUT2D eigenvalue weighted by Gasteiger charge is -2.27. The molecule has 97 heavy (non-hydrogen) atoms. The first-order valence-corrected chi connectivity index (χ1v) is 31.7. The van der Waals surface area contributed by atoms with Gasteiger partial charge in [-0.15, -0.1) is 0 Å². The molecule has 3 aromatic carbocycles. The number of phenolic OH excluding ortho intramolecular Hbond substituents is 3. The van der Waals surface area contributed by atoms with Crippen molar-refractivity contribution in [2.75, 3.05) is 43.6 Å². The van der Waals surface area contributed by atoms with Crippen molar-refractivity contribution in [3.63, 3.8) is 0 Å². The maximum Gasteiger partial charge on any atom is 0.305 e. The van der Waals surface area contributed by atoms with Crippen LogP contribution >= 0.6 is 24.4 Å². The molecule has 0 unspecified atom stereocenters. The minimum absolute atomic E-state index is 0.00506. The number of carbonyl (C=O) groups is 15. The summed E-state index contributed by atoms with van der Waals surface area (Å²) >= 11 is 4.89. The summed E-state index contributed by atoms with van der Waals surface area (Å²) in [7, 11) is 0. The number of thioether (sulfide) groups is 1. The van der Waals surface area contributed by atoms with Crippen molar-refractivity contribution >= 4 is 113 Å². The fourth-order valence-electron chi connectivity index (χ4n) is 9.06. The molecule has 4 rings (SSSR count). The van der Waals surface area contributed by atoms with Gasteiger partial charge in [0, 0.05) is 37.2 Å². The quantitative estimate of drug-likeness (QED) is 0.0496. The molecule has 0 spiro atoms. The van der Waals surface area contributed by atoms with Gasteiger partial charge in [0.25, 0.3) is 0 Å². The number of aliphatic carboxylic acids is 2. The van der Waals surface area contributed by atoms with Gasteiger partial charge in [0.15, 0.2) is 0 Å². The maximum atomic E-state index is 14.4. The fraction of sp³-hybridized carbons (Fsp3) is 0.450. The Labute approximate surface area is 563 Å². The summed E-state index contributed by atoms with van der Waals surface area (Å²) in [5.74, 6) is -20.0. The van der Waals surface area contributed by atoms with Crippen molar-refractivity contribution in [3.8, 4) is 17.2 Å². The molecule has 10 atom stereocenters. The van der Waals surface area contributed by atoms with Gasteiger partial charge in [0.05, 0.1) is 39.1 Å². The second-order valence-corrected chi connectivity index (χ2v) is 23.8. The van der Waals surface area contributed by atoms with Crippen LogP contribution in [0.25, 0.3) is 0 Å². The first-order valence-electron chi connectivity index (χ1n) is 29.9. The molecule has 0 bridgehead atoms. The van der Waals surface area contributed by atoms with Crippen LogP contribution in [0.3, 0.4) is 0 Å². The zero-order valence-electron chi connectivity index (χ0n) is 52.4. The molecule has 1 aliphatic heterocycles. The summed E-state index contributed by atoms with van der Waals surface area (Å²) in [6.45, 7) is -1.18. The summed E-state index contributed by atoms with van der Waals surface area (Å²) < 4.78 is 0. The molecule has 0 aromatic heterocycles. The monoisotopic (exact) mass is 1400 g/mol. The van der Waals surface area contributed by atoms with Crippen LogP contribution in [0.2, 0.25) is 0 Å². The third-order valence-corrected chi connectivity index (χ3v) is 15.8. The van der Waals surface area contributed by atoms with Crippen molar-refractivity contribution in [3.05, 3.63) is 89.5 Å². The standard InChI is InChI=1S/C60H79N13O22S2/c1-29(2)50-60(95)70-38(20-32-9-15-35(78)16-10-32)55(90)69-40(22-49(84)85)57(92)72-44(53(88)63-23-46(80)65-43(27-96)51(61)86)28-97-17-3-4-45(79)64-41(25-74)58(93)67-36(18-30-5-11-33(76)12-6-30)54(89)66-37(19-31-7-13-34(77)14-8-31)56(91)71-42(26-75)59(94)68-39(21-48(82)83)52(87)62-24-47(81)73-50/h5-16,29,36-44,50,74-78,96H,3-4,17-28H2,1-2H3,(H2,61,86)(H,62,87)(H,63,88)(H,64,79)(H,65,80)(H,66,89)(H,67,93)(H,68,94)(H,69,90)(H,70,95)(H,71,91)(H,72,92)(H,73,81)(H,82,83)(H,84,85)/t36-,37-,38-,39-,40-,41-,42-,43-,44-,50-/m0/s1. The summed E-state index contributed by atoms with van der Waals surface area (Å²) in [6.07, 6.45) is -3.96. The van der Waals surface area contributed by atoms with E-state index in [1.54, 1.807) is 0 Å². The highest BCUT2D eigenvalue weighted by Gasteiger charge is 2.37. The van der Waals surface area contributed by atoms with Crippen LogP contribution in [0.1, 0.15) is 56.2 Å². The lowest BCUT2D eigenvalue weighted by Crippen LogP contribution is -2.61. The van der Waals surface area contributed by atoms with E-state index in [2.05, 4.69) is 76.4 Å². The Bertz CT molecular complexity index is 3310. The second kappa shape index (κ2) is 39.6. The SMILES string of the molecule is CC(C)[C@@H]1NC(=O)CNC(=O)[C@H](CC(=O)O)NC(=O)[C@H](CO)NC(=O)[C@H](Cc2ccc(O)cc2)NC(=O)[C@H](Cc2ccc(O)cc2)NC(=O)[C@H](CO)NC(=O)CCCSC[C@@H](C(=O)NCC(=O)N[C@@H](CS)C(N)=O)NC(=O)[C@H](CC(=O)O)NC(=O)[C@H](Cc2ccc(O)cc2)NC1=O. The molecule has 1 saturated heterocycles. The van der Waals surface area contributed by atoms with Crippen molar-refractivity contribution < 1.29 is 108 Å². The molecular formula is C60H79N13O22S2. The van der Waals surface area contributed by atoms with E-state index in [-0.39, 0.29) is 64.9 Å². The van der Waals surface area contributed by atoms with Crippen LogP contribution in [-0.2, 0) is 91.2 Å². The largest absolute Gasteiger partial charge is 0.508 e. The van der Waals surface area contributed by atoms with E-state index < -0.39 is 207 Å². The molecule has 0 aliphatic carbocycles. The molecule has 0 radical (unpaired) electrons. The van der Waals surface area contributed by atoms with E-state index in [1.165, 1.54) is 86.6 Å². The Morgan fingerprint density at radius 2 is 0.928 bits per heavy atom. The van der Waals surface area contributed by atoms with E-state index in [0.29, 0.717) is 5.56 Å². The number of hydrogen-bond acceptors (Lipinski definition) is 22. The van der Waals surface area contributed by atoms with Gasteiger partial charge in [-0.1, -0.05) is 50.2 Å². The van der Waals surface area contributed by atoms with E-state index in [9.17, 15) is 108 Å². The molecule has 13 amide bonds. The van der Waals surface area contributed by atoms with E-state index in [1.807, 2.05) is 0 Å². The highest BCUT2D eigenvalue weighted by molar-refractivity contribution is 7.99. The summed E-state index contributed by atoms with van der Waals surface area (Å²) in [5.41, 5.74) is 6.16. The number of carboxylic acid groups (broad SMARTS) is 2.